The number of hydrogen-bond acceptors (Lipinski definition) is 4. The number of methoxy groups -OCH3 is 1. The maximum atomic E-state index is 12.2. The molecule has 3 aromatic rings. The van der Waals surface area contributed by atoms with E-state index >= 15 is 0 Å². The summed E-state index contributed by atoms with van der Waals surface area (Å²) in [5, 5.41) is 9.88. The standard InChI is InChI=1S/C20H16O4/c1-23-17-11-12-18(19(21)13-17)20(22)24-16-9-7-15(8-10-16)14-5-3-2-4-6-14/h2-13,21H,1H3. The SMILES string of the molecule is COc1ccc(C(=O)Oc2ccc(-c3ccccc3)cc2)c(O)c1. The molecular formula is C20H16O4. The lowest BCUT2D eigenvalue weighted by atomic mass is 10.1. The van der Waals surface area contributed by atoms with E-state index in [1.807, 2.05) is 42.5 Å². The van der Waals surface area contributed by atoms with E-state index in [-0.39, 0.29) is 11.3 Å². The monoisotopic (exact) mass is 320 g/mol. The van der Waals surface area contributed by atoms with Gasteiger partial charge in [-0.05, 0) is 35.4 Å². The van der Waals surface area contributed by atoms with Crippen molar-refractivity contribution >= 4 is 5.97 Å². The van der Waals surface area contributed by atoms with Crippen molar-refractivity contribution in [2.24, 2.45) is 0 Å². The fraction of sp³-hybridized carbons (Fsp3) is 0.0500. The Morgan fingerprint density at radius 2 is 1.46 bits per heavy atom. The van der Waals surface area contributed by atoms with Crippen LogP contribution in [0.1, 0.15) is 10.4 Å². The number of phenolic OH excluding ortho intramolecular Hbond substituents is 1. The summed E-state index contributed by atoms with van der Waals surface area (Å²) in [4.78, 5) is 12.2. The van der Waals surface area contributed by atoms with Gasteiger partial charge in [0.25, 0.3) is 0 Å². The number of hydrogen-bond donors (Lipinski definition) is 1. The first kappa shape index (κ1) is 15.6. The Morgan fingerprint density at radius 1 is 0.833 bits per heavy atom. The first-order valence-electron chi connectivity index (χ1n) is 7.42. The Morgan fingerprint density at radius 3 is 2.08 bits per heavy atom. The van der Waals surface area contributed by atoms with Gasteiger partial charge < -0.3 is 14.6 Å². The van der Waals surface area contributed by atoms with Gasteiger partial charge in [-0.2, -0.15) is 0 Å². The van der Waals surface area contributed by atoms with Crippen LogP contribution in [0.2, 0.25) is 0 Å². The Kier molecular flexibility index (Phi) is 4.47. The molecule has 0 fully saturated rings. The van der Waals surface area contributed by atoms with E-state index < -0.39 is 5.97 Å². The summed E-state index contributed by atoms with van der Waals surface area (Å²) in [5.74, 6) is 0.0778. The van der Waals surface area contributed by atoms with Gasteiger partial charge >= 0.3 is 5.97 Å². The number of ether oxygens (including phenoxy) is 2. The Bertz CT molecular complexity index is 839. The van der Waals surface area contributed by atoms with Crippen molar-refractivity contribution in [3.8, 4) is 28.4 Å². The van der Waals surface area contributed by atoms with Crippen LogP contribution in [0.25, 0.3) is 11.1 Å². The fourth-order valence-electron chi connectivity index (χ4n) is 2.32. The topological polar surface area (TPSA) is 55.8 Å². The van der Waals surface area contributed by atoms with Crippen LogP contribution in [-0.4, -0.2) is 18.2 Å². The van der Waals surface area contributed by atoms with Crippen LogP contribution in [0.4, 0.5) is 0 Å². The van der Waals surface area contributed by atoms with E-state index in [0.717, 1.165) is 11.1 Å². The smallest absolute Gasteiger partial charge is 0.347 e. The molecule has 0 aromatic heterocycles. The van der Waals surface area contributed by atoms with Crippen LogP contribution in [0.15, 0.2) is 72.8 Å². The molecule has 1 N–H and O–H groups in total. The van der Waals surface area contributed by atoms with E-state index in [2.05, 4.69) is 0 Å². The third-order valence-electron chi connectivity index (χ3n) is 3.60. The molecule has 0 aliphatic carbocycles. The summed E-state index contributed by atoms with van der Waals surface area (Å²) in [6.45, 7) is 0. The fourth-order valence-corrected chi connectivity index (χ4v) is 2.32. The van der Waals surface area contributed by atoms with E-state index in [0.29, 0.717) is 11.5 Å². The Hall–Kier alpha value is -3.27. The second-order valence-corrected chi connectivity index (χ2v) is 5.16. The summed E-state index contributed by atoms with van der Waals surface area (Å²) >= 11 is 0. The Balaban J connectivity index is 1.75. The van der Waals surface area contributed by atoms with Crippen LogP contribution >= 0.6 is 0 Å². The van der Waals surface area contributed by atoms with Gasteiger partial charge in [-0.1, -0.05) is 42.5 Å². The summed E-state index contributed by atoms with van der Waals surface area (Å²) in [5.41, 5.74) is 2.20. The van der Waals surface area contributed by atoms with E-state index in [1.54, 1.807) is 18.2 Å². The van der Waals surface area contributed by atoms with Gasteiger partial charge in [0.05, 0.1) is 7.11 Å². The van der Waals surface area contributed by atoms with Crippen LogP contribution < -0.4 is 9.47 Å². The highest BCUT2D eigenvalue weighted by molar-refractivity contribution is 5.94. The highest BCUT2D eigenvalue weighted by Crippen LogP contribution is 2.26. The third-order valence-corrected chi connectivity index (χ3v) is 3.60. The molecule has 24 heavy (non-hydrogen) atoms. The first-order chi connectivity index (χ1) is 11.7. The molecule has 0 aliphatic rings. The molecule has 4 nitrogen and oxygen atoms in total. The second kappa shape index (κ2) is 6.87. The number of carbonyl (C=O) groups excluding carboxylic acids is 1. The molecule has 0 saturated carbocycles. The van der Waals surface area contributed by atoms with Crippen molar-refractivity contribution in [2.75, 3.05) is 7.11 Å². The first-order valence-corrected chi connectivity index (χ1v) is 7.42. The molecule has 4 heteroatoms. The molecule has 0 radical (unpaired) electrons. The van der Waals surface area contributed by atoms with Gasteiger partial charge in [-0.25, -0.2) is 4.79 Å². The van der Waals surface area contributed by atoms with Crippen molar-refractivity contribution in [1.29, 1.82) is 0 Å². The van der Waals surface area contributed by atoms with Crippen LogP contribution in [-0.2, 0) is 0 Å². The number of rotatable bonds is 4. The van der Waals surface area contributed by atoms with Crippen molar-refractivity contribution < 1.29 is 19.4 Å². The molecule has 3 rings (SSSR count). The van der Waals surface area contributed by atoms with E-state index in [1.165, 1.54) is 19.2 Å². The van der Waals surface area contributed by atoms with Crippen molar-refractivity contribution in [1.82, 2.24) is 0 Å². The van der Waals surface area contributed by atoms with E-state index in [4.69, 9.17) is 9.47 Å². The third kappa shape index (κ3) is 3.38. The summed E-state index contributed by atoms with van der Waals surface area (Å²) < 4.78 is 10.3. The van der Waals surface area contributed by atoms with Gasteiger partial charge in [0.1, 0.15) is 22.8 Å². The van der Waals surface area contributed by atoms with Crippen LogP contribution in [0.3, 0.4) is 0 Å². The van der Waals surface area contributed by atoms with E-state index in [9.17, 15) is 9.90 Å². The average molecular weight is 320 g/mol. The minimum absolute atomic E-state index is 0.0861. The van der Waals surface area contributed by atoms with Gasteiger partial charge in [0.15, 0.2) is 0 Å². The number of aromatic hydroxyl groups is 1. The number of benzene rings is 3. The van der Waals surface area contributed by atoms with Crippen molar-refractivity contribution in [3.05, 3.63) is 78.4 Å². The lowest BCUT2D eigenvalue weighted by Crippen LogP contribution is -2.08. The molecule has 0 saturated heterocycles. The molecule has 0 aliphatic heterocycles. The average Bonchev–Trinajstić information content (AvgIpc) is 2.63. The highest BCUT2D eigenvalue weighted by Gasteiger charge is 2.14. The summed E-state index contributed by atoms with van der Waals surface area (Å²) in [6, 6.07) is 21.6. The molecule has 0 spiro atoms. The number of esters is 1. The molecule has 0 heterocycles. The molecule has 0 unspecified atom stereocenters. The van der Waals surface area contributed by atoms with Gasteiger partial charge in [-0.15, -0.1) is 0 Å². The predicted octanol–water partition coefficient (Wildman–Crippen LogP) is 4.29. The maximum absolute atomic E-state index is 12.2. The quantitative estimate of drug-likeness (QED) is 0.575. The number of phenols is 1. The van der Waals surface area contributed by atoms with Gasteiger partial charge in [0, 0.05) is 6.07 Å². The molecule has 0 atom stereocenters. The zero-order valence-electron chi connectivity index (χ0n) is 13.1. The minimum Gasteiger partial charge on any atom is -0.507 e. The lowest BCUT2D eigenvalue weighted by Gasteiger charge is -2.08. The molecule has 0 bridgehead atoms. The van der Waals surface area contributed by atoms with Gasteiger partial charge in [-0.3, -0.25) is 0 Å². The normalized spacial score (nSPS) is 10.2. The summed E-state index contributed by atoms with van der Waals surface area (Å²) in [7, 11) is 1.49. The molecule has 120 valence electrons. The van der Waals surface area contributed by atoms with Gasteiger partial charge in [0.2, 0.25) is 0 Å². The molecule has 3 aromatic carbocycles. The predicted molar refractivity (Wildman–Crippen MR) is 91.5 cm³/mol. The van der Waals surface area contributed by atoms with Crippen LogP contribution in [0, 0.1) is 0 Å². The lowest BCUT2D eigenvalue weighted by molar-refractivity contribution is 0.0731. The summed E-state index contributed by atoms with van der Waals surface area (Å²) in [6.07, 6.45) is 0. The number of carbonyl (C=O) groups is 1. The molecule has 0 amide bonds. The van der Waals surface area contributed by atoms with Crippen molar-refractivity contribution in [2.45, 2.75) is 0 Å². The zero-order chi connectivity index (χ0) is 16.9. The molecular weight excluding hydrogens is 304 g/mol. The minimum atomic E-state index is -0.623. The maximum Gasteiger partial charge on any atom is 0.347 e. The highest BCUT2D eigenvalue weighted by atomic mass is 16.5. The Labute approximate surface area is 139 Å². The largest absolute Gasteiger partial charge is 0.507 e. The zero-order valence-corrected chi connectivity index (χ0v) is 13.1. The second-order valence-electron chi connectivity index (χ2n) is 5.16. The van der Waals surface area contributed by atoms with Crippen LogP contribution in [0.5, 0.6) is 17.2 Å². The van der Waals surface area contributed by atoms with Crippen molar-refractivity contribution in [3.63, 3.8) is 0 Å².